The molecule has 3 N–H and O–H groups in total. The van der Waals surface area contributed by atoms with Crippen LogP contribution >= 0.6 is 0 Å². The molecule has 2 heterocycles. The highest BCUT2D eigenvalue weighted by atomic mass is 16.5. The molecule has 2 aromatic carbocycles. The van der Waals surface area contributed by atoms with Crippen LogP contribution in [0, 0.1) is 0 Å². The molecular weight excluding hydrogens is 394 g/mol. The minimum absolute atomic E-state index is 0.0191. The zero-order valence-electron chi connectivity index (χ0n) is 16.7. The van der Waals surface area contributed by atoms with Gasteiger partial charge < -0.3 is 10.1 Å². The first-order chi connectivity index (χ1) is 15.1. The van der Waals surface area contributed by atoms with Crippen molar-refractivity contribution >= 4 is 11.6 Å². The molecule has 156 valence electrons. The normalized spacial score (nSPS) is 17.5. The van der Waals surface area contributed by atoms with Crippen molar-refractivity contribution < 1.29 is 9.53 Å². The van der Waals surface area contributed by atoms with Crippen molar-refractivity contribution in [1.29, 1.82) is 0 Å². The standard InChI is InChI=1S/C24H21N3O4/c28-18-11-5-10-17-20(18)19(21-22(25-17)26-24(30)27-23(21)29)15-8-4-9-16(12-15)31-13-14-6-2-1-3-7-14/h1-4,6-9,12,19H,5,10-11,13H2,(H3,25,26,27,29,30)/t19-/m0/s1. The number of rotatable bonds is 4. The van der Waals surface area contributed by atoms with Crippen molar-refractivity contribution in [2.75, 3.05) is 5.32 Å². The average molecular weight is 415 g/mol. The zero-order chi connectivity index (χ0) is 21.4. The molecule has 0 amide bonds. The third-order valence-corrected chi connectivity index (χ3v) is 5.73. The summed E-state index contributed by atoms with van der Waals surface area (Å²) in [6.07, 6.45) is 1.87. The fraction of sp³-hybridized carbons (Fsp3) is 0.208. The Morgan fingerprint density at radius 1 is 0.935 bits per heavy atom. The summed E-state index contributed by atoms with van der Waals surface area (Å²) in [6.45, 7) is 0.411. The largest absolute Gasteiger partial charge is 0.489 e. The number of aromatic amines is 2. The highest BCUT2D eigenvalue weighted by Gasteiger charge is 2.37. The number of ketones is 1. The van der Waals surface area contributed by atoms with Crippen molar-refractivity contribution in [3.05, 3.63) is 103 Å². The topological polar surface area (TPSA) is 104 Å². The maximum Gasteiger partial charge on any atom is 0.327 e. The lowest BCUT2D eigenvalue weighted by molar-refractivity contribution is -0.116. The van der Waals surface area contributed by atoms with E-state index in [9.17, 15) is 14.4 Å². The van der Waals surface area contributed by atoms with Gasteiger partial charge in [0.25, 0.3) is 5.56 Å². The number of aromatic nitrogens is 2. The second-order valence-corrected chi connectivity index (χ2v) is 7.77. The lowest BCUT2D eigenvalue weighted by Crippen LogP contribution is -2.36. The van der Waals surface area contributed by atoms with Gasteiger partial charge >= 0.3 is 5.69 Å². The second-order valence-electron chi connectivity index (χ2n) is 7.77. The number of allylic oxidation sites excluding steroid dienone is 2. The Morgan fingerprint density at radius 2 is 1.77 bits per heavy atom. The van der Waals surface area contributed by atoms with Gasteiger partial charge in [-0.1, -0.05) is 42.5 Å². The molecule has 1 aliphatic carbocycles. The molecule has 0 fully saturated rings. The third kappa shape index (κ3) is 3.59. The van der Waals surface area contributed by atoms with Crippen molar-refractivity contribution in [3.8, 4) is 5.75 Å². The summed E-state index contributed by atoms with van der Waals surface area (Å²) in [5.41, 5.74) is 2.43. The SMILES string of the molecule is O=C1CCCC2=C1[C@H](c1cccc(OCc3ccccc3)c1)c1c([nH]c(=O)[nH]c1=O)N2. The smallest absolute Gasteiger partial charge is 0.327 e. The van der Waals surface area contributed by atoms with Gasteiger partial charge in [0.15, 0.2) is 5.78 Å². The molecule has 7 nitrogen and oxygen atoms in total. The van der Waals surface area contributed by atoms with Crippen LogP contribution in [0.25, 0.3) is 0 Å². The quantitative estimate of drug-likeness (QED) is 0.607. The summed E-state index contributed by atoms with van der Waals surface area (Å²) >= 11 is 0. The van der Waals surface area contributed by atoms with E-state index in [0.29, 0.717) is 42.2 Å². The Morgan fingerprint density at radius 3 is 2.61 bits per heavy atom. The van der Waals surface area contributed by atoms with Crippen LogP contribution in [0.2, 0.25) is 0 Å². The van der Waals surface area contributed by atoms with E-state index in [1.807, 2.05) is 54.6 Å². The van der Waals surface area contributed by atoms with E-state index in [4.69, 9.17) is 4.74 Å². The number of fused-ring (bicyclic) bond motifs is 1. The van der Waals surface area contributed by atoms with Gasteiger partial charge in [0.2, 0.25) is 0 Å². The van der Waals surface area contributed by atoms with E-state index >= 15 is 0 Å². The van der Waals surface area contributed by atoms with E-state index in [0.717, 1.165) is 23.2 Å². The second kappa shape index (κ2) is 7.75. The van der Waals surface area contributed by atoms with Crippen molar-refractivity contribution in [2.24, 2.45) is 0 Å². The van der Waals surface area contributed by atoms with Crippen LogP contribution in [0.15, 0.2) is 75.5 Å². The Kier molecular flexibility index (Phi) is 4.78. The number of anilines is 1. The lowest BCUT2D eigenvalue weighted by Gasteiger charge is -2.32. The van der Waals surface area contributed by atoms with Gasteiger partial charge in [-0.3, -0.25) is 19.6 Å². The molecule has 0 unspecified atom stereocenters. The number of Topliss-reactive ketones (excluding diaryl/α,β-unsaturated/α-hetero) is 1. The molecule has 7 heteroatoms. The molecule has 5 rings (SSSR count). The van der Waals surface area contributed by atoms with Gasteiger partial charge in [-0.05, 0) is 36.1 Å². The number of carbonyl (C=O) groups is 1. The molecule has 3 aromatic rings. The number of hydrogen-bond acceptors (Lipinski definition) is 5. The highest BCUT2D eigenvalue weighted by Crippen LogP contribution is 2.43. The Hall–Kier alpha value is -3.87. The number of H-pyrrole nitrogens is 2. The van der Waals surface area contributed by atoms with Crippen molar-refractivity contribution in [1.82, 2.24) is 9.97 Å². The Bertz CT molecular complexity index is 1300. The molecule has 0 saturated carbocycles. The lowest BCUT2D eigenvalue weighted by atomic mass is 9.76. The van der Waals surface area contributed by atoms with Gasteiger partial charge in [0.05, 0.1) is 5.56 Å². The molecule has 1 aliphatic heterocycles. The Balaban J connectivity index is 1.58. The molecule has 0 spiro atoms. The number of ether oxygens (including phenoxy) is 1. The maximum atomic E-state index is 12.9. The van der Waals surface area contributed by atoms with Crippen LogP contribution in [0.5, 0.6) is 5.75 Å². The maximum absolute atomic E-state index is 12.9. The van der Waals surface area contributed by atoms with Gasteiger partial charge in [-0.25, -0.2) is 4.79 Å². The fourth-order valence-electron chi connectivity index (χ4n) is 4.35. The number of hydrogen-bond donors (Lipinski definition) is 3. The molecule has 2 aliphatic rings. The minimum atomic E-state index is -0.582. The van der Waals surface area contributed by atoms with Gasteiger partial charge in [0.1, 0.15) is 18.2 Å². The highest BCUT2D eigenvalue weighted by molar-refractivity contribution is 6.00. The number of benzene rings is 2. The van der Waals surface area contributed by atoms with Crippen LogP contribution in [-0.4, -0.2) is 15.8 Å². The van der Waals surface area contributed by atoms with Crippen LogP contribution in [0.1, 0.15) is 41.9 Å². The summed E-state index contributed by atoms with van der Waals surface area (Å²) in [5.74, 6) is 0.445. The van der Waals surface area contributed by atoms with Crippen LogP contribution in [0.3, 0.4) is 0 Å². The van der Waals surface area contributed by atoms with Crippen LogP contribution in [0.4, 0.5) is 5.82 Å². The zero-order valence-corrected chi connectivity index (χ0v) is 16.7. The number of carbonyl (C=O) groups excluding carboxylic acids is 1. The van der Waals surface area contributed by atoms with Gasteiger partial charge in [-0.15, -0.1) is 0 Å². The molecule has 1 aromatic heterocycles. The third-order valence-electron chi connectivity index (χ3n) is 5.73. The molecular formula is C24H21N3O4. The van der Waals surface area contributed by atoms with Crippen LogP contribution in [-0.2, 0) is 11.4 Å². The molecule has 31 heavy (non-hydrogen) atoms. The van der Waals surface area contributed by atoms with E-state index < -0.39 is 17.2 Å². The predicted octanol–water partition coefficient (Wildman–Crippen LogP) is 3.21. The van der Waals surface area contributed by atoms with Crippen LogP contribution < -0.4 is 21.3 Å². The molecule has 0 saturated heterocycles. The first kappa shape index (κ1) is 19.1. The monoisotopic (exact) mass is 415 g/mol. The summed E-state index contributed by atoms with van der Waals surface area (Å²) in [4.78, 5) is 42.5. The fourth-order valence-corrected chi connectivity index (χ4v) is 4.35. The van der Waals surface area contributed by atoms with E-state index in [-0.39, 0.29) is 5.78 Å². The first-order valence-electron chi connectivity index (χ1n) is 10.3. The van der Waals surface area contributed by atoms with E-state index in [2.05, 4.69) is 15.3 Å². The predicted molar refractivity (Wildman–Crippen MR) is 116 cm³/mol. The first-order valence-corrected chi connectivity index (χ1v) is 10.3. The molecule has 1 atom stereocenters. The van der Waals surface area contributed by atoms with Gasteiger partial charge in [0, 0.05) is 23.6 Å². The van der Waals surface area contributed by atoms with E-state index in [1.54, 1.807) is 0 Å². The van der Waals surface area contributed by atoms with Gasteiger partial charge in [-0.2, -0.15) is 0 Å². The summed E-state index contributed by atoms with van der Waals surface area (Å²) in [7, 11) is 0. The molecule has 0 bridgehead atoms. The summed E-state index contributed by atoms with van der Waals surface area (Å²) in [5, 5.41) is 3.12. The minimum Gasteiger partial charge on any atom is -0.489 e. The van der Waals surface area contributed by atoms with Crippen molar-refractivity contribution in [3.63, 3.8) is 0 Å². The summed E-state index contributed by atoms with van der Waals surface area (Å²) in [6, 6.07) is 17.3. The summed E-state index contributed by atoms with van der Waals surface area (Å²) < 4.78 is 5.96. The molecule has 0 radical (unpaired) electrons. The Labute approximate surface area is 177 Å². The average Bonchev–Trinajstić information content (AvgIpc) is 2.77. The van der Waals surface area contributed by atoms with E-state index in [1.165, 1.54) is 0 Å². The van der Waals surface area contributed by atoms with Crippen molar-refractivity contribution in [2.45, 2.75) is 31.8 Å². The number of nitrogens with one attached hydrogen (secondary N) is 3.